The lowest BCUT2D eigenvalue weighted by Crippen LogP contribution is -2.27. The summed E-state index contributed by atoms with van der Waals surface area (Å²) in [6.07, 6.45) is 1.00. The van der Waals surface area contributed by atoms with Crippen LogP contribution >= 0.6 is 22.9 Å². The molecule has 32 heavy (non-hydrogen) atoms. The van der Waals surface area contributed by atoms with E-state index in [0.29, 0.717) is 16.3 Å². The number of thiazole rings is 1. The van der Waals surface area contributed by atoms with Gasteiger partial charge in [0.2, 0.25) is 5.29 Å². The van der Waals surface area contributed by atoms with E-state index < -0.39 is 17.5 Å². The number of halogens is 2. The molecule has 0 fully saturated rings. The first-order chi connectivity index (χ1) is 14.8. The zero-order valence-corrected chi connectivity index (χ0v) is 20.9. The summed E-state index contributed by atoms with van der Waals surface area (Å²) < 4.78 is 20.8. The van der Waals surface area contributed by atoms with E-state index in [4.69, 9.17) is 21.3 Å². The maximum Gasteiger partial charge on any atom is 0.412 e. The van der Waals surface area contributed by atoms with Crippen LogP contribution < -0.4 is 5.32 Å². The molecular formula is C23H28ClFN4O2S. The van der Waals surface area contributed by atoms with Gasteiger partial charge in [-0.2, -0.15) is 0 Å². The Balaban J connectivity index is 2.63. The summed E-state index contributed by atoms with van der Waals surface area (Å²) in [4.78, 5) is 25.4. The van der Waals surface area contributed by atoms with Crippen molar-refractivity contribution in [3.8, 4) is 11.3 Å². The number of rotatable bonds is 4. The highest BCUT2D eigenvalue weighted by molar-refractivity contribution is 7.13. The Morgan fingerprint density at radius 2 is 1.94 bits per heavy atom. The van der Waals surface area contributed by atoms with Crippen LogP contribution in [0.5, 0.6) is 0 Å². The van der Waals surface area contributed by atoms with E-state index in [0.717, 1.165) is 5.01 Å². The Bertz CT molecular complexity index is 1080. The second-order valence-electron chi connectivity index (χ2n) is 8.95. The van der Waals surface area contributed by atoms with Crippen molar-refractivity contribution in [1.29, 1.82) is 0 Å². The molecule has 0 saturated carbocycles. The van der Waals surface area contributed by atoms with Crippen molar-refractivity contribution < 1.29 is 13.9 Å². The van der Waals surface area contributed by atoms with E-state index in [9.17, 15) is 4.79 Å². The molecule has 9 heteroatoms. The topological polar surface area (TPSA) is 75.9 Å². The first kappa shape index (κ1) is 25.7. The van der Waals surface area contributed by atoms with Gasteiger partial charge in [0.1, 0.15) is 5.60 Å². The molecule has 0 spiro atoms. The van der Waals surface area contributed by atoms with Crippen molar-refractivity contribution >= 4 is 52.4 Å². The number of carbonyl (C=O) groups is 1. The molecule has 0 radical (unpaired) electrons. The van der Waals surface area contributed by atoms with Gasteiger partial charge < -0.3 is 4.74 Å². The third-order valence-electron chi connectivity index (χ3n) is 4.01. The highest BCUT2D eigenvalue weighted by Gasteiger charge is 2.26. The van der Waals surface area contributed by atoms with Gasteiger partial charge in [-0.25, -0.2) is 24.2 Å². The molecule has 6 nitrogen and oxygen atoms in total. The van der Waals surface area contributed by atoms with Crippen molar-refractivity contribution in [3.63, 3.8) is 0 Å². The summed E-state index contributed by atoms with van der Waals surface area (Å²) in [5.74, 6) is -0.627. The number of carbonyl (C=O) groups excluding carboxylic acids is 1. The number of nitrogens with zero attached hydrogens (tertiary/aromatic N) is 3. The molecule has 1 aromatic heterocycles. The third-order valence-corrected chi connectivity index (χ3v) is 5.72. The lowest BCUT2D eigenvalue weighted by molar-refractivity contribution is 0.0635. The molecule has 0 bridgehead atoms. The highest BCUT2D eigenvalue weighted by Crippen LogP contribution is 2.40. The van der Waals surface area contributed by atoms with Crippen LogP contribution in [0.2, 0.25) is 0 Å². The Labute approximate surface area is 197 Å². The molecule has 2 aromatic rings. The first-order valence-electron chi connectivity index (χ1n) is 9.94. The van der Waals surface area contributed by atoms with Gasteiger partial charge in [0.25, 0.3) is 0 Å². The van der Waals surface area contributed by atoms with E-state index in [2.05, 4.69) is 22.0 Å². The number of amidine groups is 1. The predicted molar refractivity (Wildman–Crippen MR) is 133 cm³/mol. The number of hydrogen-bond acceptors (Lipinski definition) is 5. The molecule has 0 unspecified atom stereocenters. The minimum Gasteiger partial charge on any atom is -0.444 e. The smallest absolute Gasteiger partial charge is 0.412 e. The molecule has 1 N–H and O–H groups in total. The SMILES string of the molecule is C=N/C(Cl)=N\C(=C/C)c1sc(C(C)(C)C)nc1-c1cccc(NC(=O)OC(C)(C)C)c1F. The zero-order valence-electron chi connectivity index (χ0n) is 19.3. The van der Waals surface area contributed by atoms with Crippen molar-refractivity contribution in [1.82, 2.24) is 4.98 Å². The predicted octanol–water partition coefficient (Wildman–Crippen LogP) is 7.25. The van der Waals surface area contributed by atoms with Gasteiger partial charge in [0.15, 0.2) is 5.82 Å². The van der Waals surface area contributed by atoms with Crippen LogP contribution in [0, 0.1) is 5.82 Å². The van der Waals surface area contributed by atoms with Crippen LogP contribution in [0.4, 0.5) is 14.9 Å². The summed E-state index contributed by atoms with van der Waals surface area (Å²) >= 11 is 7.38. The Hall–Kier alpha value is -2.58. The van der Waals surface area contributed by atoms with E-state index in [1.54, 1.807) is 45.9 Å². The zero-order chi connectivity index (χ0) is 24.3. The molecule has 0 atom stereocenters. The van der Waals surface area contributed by atoms with Crippen LogP contribution in [0.3, 0.4) is 0 Å². The number of allylic oxidation sites excluding steroid dienone is 1. The van der Waals surface area contributed by atoms with Gasteiger partial charge in [-0.1, -0.05) is 32.9 Å². The Kier molecular flexibility index (Phi) is 7.96. The quantitative estimate of drug-likeness (QED) is 0.285. The van der Waals surface area contributed by atoms with Crippen molar-refractivity contribution in [3.05, 3.63) is 40.0 Å². The molecular weight excluding hydrogens is 451 g/mol. The second kappa shape index (κ2) is 9.92. The number of aromatic nitrogens is 1. The first-order valence-corrected chi connectivity index (χ1v) is 11.1. The highest BCUT2D eigenvalue weighted by atomic mass is 35.5. The molecule has 0 saturated heterocycles. The van der Waals surface area contributed by atoms with Crippen molar-refractivity contribution in [2.45, 2.75) is 59.5 Å². The van der Waals surface area contributed by atoms with Crippen LogP contribution in [0.1, 0.15) is 58.4 Å². The fraction of sp³-hybridized carbons (Fsp3) is 0.391. The molecule has 0 aliphatic rings. The van der Waals surface area contributed by atoms with E-state index in [1.165, 1.54) is 17.4 Å². The number of amides is 1. The van der Waals surface area contributed by atoms with Gasteiger partial charge >= 0.3 is 6.09 Å². The lowest BCUT2D eigenvalue weighted by atomic mass is 9.98. The number of benzene rings is 1. The monoisotopic (exact) mass is 478 g/mol. The normalized spacial score (nSPS) is 13.2. The number of aliphatic imine (C=N–C) groups is 2. The average Bonchev–Trinajstić information content (AvgIpc) is 3.11. The van der Waals surface area contributed by atoms with Gasteiger partial charge in [-0.05, 0) is 58.1 Å². The lowest BCUT2D eigenvalue weighted by Gasteiger charge is -2.20. The molecule has 0 aliphatic carbocycles. The van der Waals surface area contributed by atoms with Crippen LogP contribution in [-0.4, -0.2) is 28.7 Å². The van der Waals surface area contributed by atoms with Gasteiger partial charge in [-0.15, -0.1) is 11.3 Å². The van der Waals surface area contributed by atoms with E-state index in [1.807, 2.05) is 20.8 Å². The summed E-state index contributed by atoms with van der Waals surface area (Å²) in [5.41, 5.74) is 0.121. The van der Waals surface area contributed by atoms with Crippen LogP contribution in [0.25, 0.3) is 17.0 Å². The number of anilines is 1. The van der Waals surface area contributed by atoms with Crippen molar-refractivity contribution in [2.75, 3.05) is 5.32 Å². The standard InChI is InChI=1S/C23H28ClFN4O2S/c1-9-14(27-20(24)26-8)18-17(29-19(32-18)22(2,3)4)13-11-10-12-15(16(13)25)28-21(30)31-23(5,6)7/h9-12H,8H2,1-7H3,(H,28,30)/b14-9-,27-20-. The third kappa shape index (κ3) is 6.46. The van der Waals surface area contributed by atoms with Gasteiger partial charge in [0, 0.05) is 11.0 Å². The molecule has 0 aliphatic heterocycles. The molecule has 1 heterocycles. The van der Waals surface area contributed by atoms with Crippen molar-refractivity contribution in [2.24, 2.45) is 9.98 Å². The maximum atomic E-state index is 15.5. The minimum absolute atomic E-state index is 0.00988. The molecule has 2 rings (SSSR count). The van der Waals surface area contributed by atoms with Crippen LogP contribution in [-0.2, 0) is 10.2 Å². The van der Waals surface area contributed by atoms with Crippen LogP contribution in [0.15, 0.2) is 34.3 Å². The summed E-state index contributed by atoms with van der Waals surface area (Å²) in [6.45, 7) is 16.4. The Morgan fingerprint density at radius 1 is 1.28 bits per heavy atom. The maximum absolute atomic E-state index is 15.5. The summed E-state index contributed by atoms with van der Waals surface area (Å²) in [6, 6.07) is 4.71. The molecule has 172 valence electrons. The van der Waals surface area contributed by atoms with Gasteiger partial charge in [-0.3, -0.25) is 5.32 Å². The second-order valence-corrected chi connectivity index (χ2v) is 10.3. The van der Waals surface area contributed by atoms with E-state index >= 15 is 4.39 Å². The fourth-order valence-corrected chi connectivity index (χ4v) is 3.85. The fourth-order valence-electron chi connectivity index (χ4n) is 2.60. The average molecular weight is 479 g/mol. The number of nitrogens with one attached hydrogen (secondary N) is 1. The Morgan fingerprint density at radius 3 is 2.47 bits per heavy atom. The summed E-state index contributed by atoms with van der Waals surface area (Å²) in [7, 11) is 0. The van der Waals surface area contributed by atoms with E-state index in [-0.39, 0.29) is 22.0 Å². The summed E-state index contributed by atoms with van der Waals surface area (Å²) in [5, 5.41) is 3.23. The number of hydrogen-bond donors (Lipinski definition) is 1. The minimum atomic E-state index is -0.745. The largest absolute Gasteiger partial charge is 0.444 e. The molecule has 1 amide bonds. The van der Waals surface area contributed by atoms with Gasteiger partial charge in [0.05, 0.1) is 27.0 Å². The number of ether oxygens (including phenoxy) is 1. The molecule has 1 aromatic carbocycles.